The zero-order chi connectivity index (χ0) is 50.7. The molecule has 2 aromatic carbocycles. The summed E-state index contributed by atoms with van der Waals surface area (Å²) in [5.74, 6) is 0.510. The van der Waals surface area contributed by atoms with E-state index in [2.05, 4.69) is 73.6 Å². The highest BCUT2D eigenvalue weighted by molar-refractivity contribution is 14.1. The number of aromatic nitrogens is 10. The van der Waals surface area contributed by atoms with Crippen molar-refractivity contribution in [2.24, 2.45) is 0 Å². The van der Waals surface area contributed by atoms with Gasteiger partial charge in [-0.15, -0.1) is 0 Å². The summed E-state index contributed by atoms with van der Waals surface area (Å²) in [4.78, 5) is 42.9. The Kier molecular flexibility index (Phi) is 15.8. The number of rotatable bonds is 8. The lowest BCUT2D eigenvalue weighted by molar-refractivity contribution is 0.312. The number of anilines is 3. The quantitative estimate of drug-likeness (QED) is 0.0876. The molecule has 2 aliphatic rings. The SMILES string of the molecule is CN1CCN(c2cnc(N)nc2)CC1.Cc1nc2c(F)cc(-c3cc(Cc4ncc(N5CCN(C)CC5)cn4)ncc3F)cc2n1C(C)C.Cc1nc2c(F)cc(-c3cc(I)ncc3F)cc2n1C(C)C. The van der Waals surface area contributed by atoms with E-state index in [1.165, 1.54) is 18.3 Å². The van der Waals surface area contributed by atoms with Gasteiger partial charge in [0.15, 0.2) is 11.6 Å². The van der Waals surface area contributed by atoms with Crippen molar-refractivity contribution in [3.63, 3.8) is 0 Å². The van der Waals surface area contributed by atoms with E-state index in [1.54, 1.807) is 36.7 Å². The van der Waals surface area contributed by atoms with Crippen LogP contribution in [-0.4, -0.2) is 125 Å². The van der Waals surface area contributed by atoms with Gasteiger partial charge in [-0.3, -0.25) is 4.98 Å². The predicted molar refractivity (Wildman–Crippen MR) is 279 cm³/mol. The van der Waals surface area contributed by atoms with Gasteiger partial charge in [-0.2, -0.15) is 0 Å². The van der Waals surface area contributed by atoms with Crippen LogP contribution in [0.3, 0.4) is 0 Å². The van der Waals surface area contributed by atoms with Crippen LogP contribution in [0.25, 0.3) is 44.3 Å². The Morgan fingerprint density at radius 1 is 0.535 bits per heavy atom. The van der Waals surface area contributed by atoms with Crippen LogP contribution in [0, 0.1) is 40.8 Å². The molecule has 6 aromatic heterocycles. The molecule has 0 atom stereocenters. The fourth-order valence-corrected chi connectivity index (χ4v) is 9.43. The highest BCUT2D eigenvalue weighted by atomic mass is 127. The third-order valence-corrected chi connectivity index (χ3v) is 13.3. The van der Waals surface area contributed by atoms with Crippen molar-refractivity contribution < 1.29 is 17.6 Å². The van der Waals surface area contributed by atoms with Crippen LogP contribution in [0.4, 0.5) is 34.9 Å². The van der Waals surface area contributed by atoms with Crippen molar-refractivity contribution in [1.29, 1.82) is 0 Å². The molecule has 0 radical (unpaired) electrons. The second-order valence-electron chi connectivity index (χ2n) is 18.5. The lowest BCUT2D eigenvalue weighted by Crippen LogP contribution is -2.44. The van der Waals surface area contributed by atoms with Gasteiger partial charge in [0.2, 0.25) is 5.95 Å². The number of nitrogen functional groups attached to an aromatic ring is 1. The minimum atomic E-state index is -0.508. The van der Waals surface area contributed by atoms with E-state index >= 15 is 0 Å². The number of fused-ring (bicyclic) bond motifs is 2. The minimum absolute atomic E-state index is 0.0958. The van der Waals surface area contributed by atoms with E-state index in [-0.39, 0.29) is 12.1 Å². The largest absolute Gasteiger partial charge is 0.368 e. The van der Waals surface area contributed by atoms with E-state index in [0.717, 1.165) is 81.6 Å². The van der Waals surface area contributed by atoms with E-state index in [1.807, 2.05) is 85.7 Å². The van der Waals surface area contributed by atoms with Gasteiger partial charge in [0.05, 0.1) is 66.0 Å². The molecule has 20 heteroatoms. The molecule has 71 heavy (non-hydrogen) atoms. The number of aryl methyl sites for hydroxylation is 2. The molecule has 0 amide bonds. The maximum absolute atomic E-state index is 14.9. The van der Waals surface area contributed by atoms with E-state index < -0.39 is 23.3 Å². The van der Waals surface area contributed by atoms with Crippen molar-refractivity contribution >= 4 is 62.0 Å². The summed E-state index contributed by atoms with van der Waals surface area (Å²) < 4.78 is 62.8. The Balaban J connectivity index is 0.000000159. The molecule has 0 spiro atoms. The van der Waals surface area contributed by atoms with Gasteiger partial charge in [-0.1, -0.05) is 0 Å². The van der Waals surface area contributed by atoms with Crippen LogP contribution in [-0.2, 0) is 6.42 Å². The number of hydrogen-bond acceptors (Lipinski definition) is 13. The molecule has 372 valence electrons. The van der Waals surface area contributed by atoms with Gasteiger partial charge < -0.3 is 34.5 Å². The third-order valence-electron chi connectivity index (χ3n) is 12.7. The first-order valence-corrected chi connectivity index (χ1v) is 24.6. The van der Waals surface area contributed by atoms with Crippen molar-refractivity contribution in [3.05, 3.63) is 124 Å². The first kappa shape index (κ1) is 51.0. The number of nitrogens with zero attached hydrogens (tertiary/aromatic N) is 14. The van der Waals surface area contributed by atoms with Crippen LogP contribution >= 0.6 is 22.6 Å². The number of halogens is 5. The lowest BCUT2D eigenvalue weighted by Gasteiger charge is -2.33. The molecule has 0 aliphatic carbocycles. The molecule has 8 heterocycles. The summed E-state index contributed by atoms with van der Waals surface area (Å²) in [5, 5.41) is 0. The second kappa shape index (κ2) is 21.9. The van der Waals surface area contributed by atoms with Crippen molar-refractivity contribution in [2.75, 3.05) is 82.0 Å². The molecule has 2 fully saturated rings. The maximum atomic E-state index is 14.9. The second-order valence-corrected chi connectivity index (χ2v) is 19.6. The normalized spacial score (nSPS) is 14.6. The standard InChI is InChI=1S/C26H29F2N7.C16H14F2IN3.C9H15N5/c1-16(2)35-17(3)32-26-22(27)9-18(10-24(26)35)21-11-19(29-15-23(21)28)12-25-30-13-20(14-31-25)34-7-5-33(4)6-8-34;1-8(2)22-9(3)21-16-12(17)4-10(5-14(16)22)11-6-15(19)20-7-13(11)18;1-13-2-4-14(5-3-13)8-6-11-9(10)12-7-8/h9-11,13-16H,5-8,12H2,1-4H3;4-8H,1-3H3;6-7H,2-5H2,1H3,(H2,10,11,12). The summed E-state index contributed by atoms with van der Waals surface area (Å²) in [6.45, 7) is 19.9. The molecule has 0 saturated carbocycles. The Morgan fingerprint density at radius 2 is 0.958 bits per heavy atom. The molecule has 10 rings (SSSR count). The topological polar surface area (TPSA) is 152 Å². The number of nitrogens with two attached hydrogens (primary N) is 1. The summed E-state index contributed by atoms with van der Waals surface area (Å²) in [7, 11) is 4.25. The first-order valence-electron chi connectivity index (χ1n) is 23.5. The summed E-state index contributed by atoms with van der Waals surface area (Å²) in [6, 6.07) is 9.74. The fraction of sp³-hybridized carbons (Fsp3) is 0.373. The Bertz CT molecular complexity index is 3130. The zero-order valence-electron chi connectivity index (χ0n) is 41.2. The number of piperazine rings is 2. The molecule has 2 N–H and O–H groups in total. The average molecular weight is 1080 g/mol. The summed E-state index contributed by atoms with van der Waals surface area (Å²) in [6.07, 6.45) is 9.92. The van der Waals surface area contributed by atoms with Crippen LogP contribution in [0.1, 0.15) is 62.9 Å². The molecular weight excluding hydrogens is 1030 g/mol. The molecule has 2 aliphatic heterocycles. The van der Waals surface area contributed by atoms with Crippen LogP contribution in [0.2, 0.25) is 0 Å². The van der Waals surface area contributed by atoms with E-state index in [4.69, 9.17) is 5.73 Å². The van der Waals surface area contributed by atoms with Gasteiger partial charge in [0, 0.05) is 81.3 Å². The molecule has 8 aromatic rings. The number of imidazole rings is 2. The zero-order valence-corrected chi connectivity index (χ0v) is 43.3. The van der Waals surface area contributed by atoms with Crippen molar-refractivity contribution in [1.82, 2.24) is 58.8 Å². The van der Waals surface area contributed by atoms with Crippen LogP contribution in [0.5, 0.6) is 0 Å². The van der Waals surface area contributed by atoms with Gasteiger partial charge in [-0.25, -0.2) is 52.4 Å². The van der Waals surface area contributed by atoms with Crippen molar-refractivity contribution in [2.45, 2.75) is 60.0 Å². The van der Waals surface area contributed by atoms with Crippen LogP contribution < -0.4 is 15.5 Å². The highest BCUT2D eigenvalue weighted by Gasteiger charge is 2.21. The van der Waals surface area contributed by atoms with E-state index in [9.17, 15) is 17.6 Å². The maximum Gasteiger partial charge on any atom is 0.220 e. The summed E-state index contributed by atoms with van der Waals surface area (Å²) >= 11 is 2.01. The number of likely N-dealkylation sites (N-methyl/N-ethyl adjacent to an activating group) is 2. The predicted octanol–water partition coefficient (Wildman–Crippen LogP) is 9.08. The van der Waals surface area contributed by atoms with Gasteiger partial charge in [0.1, 0.15) is 43.8 Å². The van der Waals surface area contributed by atoms with Crippen molar-refractivity contribution in [3.8, 4) is 22.3 Å². The highest BCUT2D eigenvalue weighted by Crippen LogP contribution is 2.33. The molecule has 15 nitrogen and oxygen atoms in total. The third kappa shape index (κ3) is 11.7. The Labute approximate surface area is 424 Å². The minimum Gasteiger partial charge on any atom is -0.368 e. The molecular formula is C51H58F4IN15. The number of pyridine rings is 2. The number of benzene rings is 2. The first-order chi connectivity index (χ1) is 33.9. The lowest BCUT2D eigenvalue weighted by atomic mass is 10.0. The smallest absolute Gasteiger partial charge is 0.220 e. The Hall–Kier alpha value is -6.39. The van der Waals surface area contributed by atoms with Crippen LogP contribution in [0.15, 0.2) is 73.6 Å². The van der Waals surface area contributed by atoms with Gasteiger partial charge in [-0.05, 0) is 126 Å². The summed E-state index contributed by atoms with van der Waals surface area (Å²) in [5.41, 5.74) is 11.6. The fourth-order valence-electron chi connectivity index (χ4n) is 8.98. The Morgan fingerprint density at radius 3 is 1.41 bits per heavy atom. The number of hydrogen-bond donors (Lipinski definition) is 1. The van der Waals surface area contributed by atoms with Gasteiger partial charge >= 0.3 is 0 Å². The molecule has 2 saturated heterocycles. The van der Waals surface area contributed by atoms with E-state index in [0.29, 0.717) is 71.9 Å². The monoisotopic (exact) mass is 1080 g/mol. The molecule has 0 unspecified atom stereocenters. The van der Waals surface area contributed by atoms with Gasteiger partial charge in [0.25, 0.3) is 0 Å². The average Bonchev–Trinajstić information content (AvgIpc) is 3.88. The molecule has 0 bridgehead atoms.